The number of nitrogens with zero attached hydrogens (tertiary/aromatic N) is 3. The molecule has 9 aromatic carbocycles. The lowest BCUT2D eigenvalue weighted by Gasteiger charge is -2.17. The van der Waals surface area contributed by atoms with Crippen molar-refractivity contribution < 1.29 is 0 Å². The van der Waals surface area contributed by atoms with E-state index in [1.165, 1.54) is 32.5 Å². The van der Waals surface area contributed by atoms with Gasteiger partial charge in [0.15, 0.2) is 0 Å². The molecular weight excluding hydrogens is 667 g/mol. The van der Waals surface area contributed by atoms with Crippen molar-refractivity contribution in [3.05, 3.63) is 194 Å². The van der Waals surface area contributed by atoms with Gasteiger partial charge in [0.1, 0.15) is 0 Å². The largest absolute Gasteiger partial charge is 0.309 e. The number of para-hydroxylation sites is 1. The molecular formula is C52H31N3. The van der Waals surface area contributed by atoms with Gasteiger partial charge in [-0.2, -0.15) is 5.26 Å². The van der Waals surface area contributed by atoms with Crippen LogP contribution in [0, 0.1) is 11.3 Å². The van der Waals surface area contributed by atoms with E-state index in [1.807, 2.05) is 18.2 Å². The van der Waals surface area contributed by atoms with Crippen LogP contribution in [0.5, 0.6) is 0 Å². The van der Waals surface area contributed by atoms with E-state index < -0.39 is 0 Å². The van der Waals surface area contributed by atoms with Crippen molar-refractivity contribution in [2.75, 3.05) is 0 Å². The monoisotopic (exact) mass is 697 g/mol. The highest BCUT2D eigenvalue weighted by molar-refractivity contribution is 6.26. The molecule has 11 rings (SSSR count). The van der Waals surface area contributed by atoms with Crippen molar-refractivity contribution in [1.29, 1.82) is 5.26 Å². The van der Waals surface area contributed by atoms with Crippen LogP contribution in [0.2, 0.25) is 0 Å². The molecule has 2 heterocycles. The second-order valence-electron chi connectivity index (χ2n) is 14.3. The number of nitriles is 1. The van der Waals surface area contributed by atoms with Crippen LogP contribution in [-0.4, -0.2) is 9.55 Å². The molecule has 0 bridgehead atoms. The van der Waals surface area contributed by atoms with E-state index in [-0.39, 0.29) is 0 Å². The van der Waals surface area contributed by atoms with E-state index in [2.05, 4.69) is 180 Å². The summed E-state index contributed by atoms with van der Waals surface area (Å²) in [6.07, 6.45) is 0. The average Bonchev–Trinajstić information content (AvgIpc) is 3.58. The van der Waals surface area contributed by atoms with Crippen molar-refractivity contribution in [2.24, 2.45) is 0 Å². The summed E-state index contributed by atoms with van der Waals surface area (Å²) >= 11 is 0. The van der Waals surface area contributed by atoms with E-state index in [4.69, 9.17) is 4.98 Å². The Balaban J connectivity index is 1.15. The van der Waals surface area contributed by atoms with E-state index >= 15 is 0 Å². The van der Waals surface area contributed by atoms with Gasteiger partial charge in [0.2, 0.25) is 0 Å². The minimum Gasteiger partial charge on any atom is -0.309 e. The molecule has 0 fully saturated rings. The number of pyridine rings is 1. The lowest BCUT2D eigenvalue weighted by Crippen LogP contribution is -1.93. The predicted octanol–water partition coefficient (Wildman–Crippen LogP) is 13.7. The van der Waals surface area contributed by atoms with Crippen molar-refractivity contribution >= 4 is 65.0 Å². The summed E-state index contributed by atoms with van der Waals surface area (Å²) in [7, 11) is 0. The highest BCUT2D eigenvalue weighted by atomic mass is 15.0. The van der Waals surface area contributed by atoms with Gasteiger partial charge in [-0.05, 0) is 111 Å². The van der Waals surface area contributed by atoms with Crippen LogP contribution >= 0.6 is 0 Å². The zero-order valence-corrected chi connectivity index (χ0v) is 29.7. The van der Waals surface area contributed by atoms with Crippen molar-refractivity contribution in [2.45, 2.75) is 0 Å². The first-order valence-corrected chi connectivity index (χ1v) is 18.6. The third kappa shape index (κ3) is 4.93. The average molecular weight is 698 g/mol. The molecule has 55 heavy (non-hydrogen) atoms. The number of aromatic nitrogens is 2. The molecule has 0 amide bonds. The molecule has 0 radical (unpaired) electrons. The number of hydrogen-bond acceptors (Lipinski definition) is 2. The Morgan fingerprint density at radius 3 is 1.85 bits per heavy atom. The van der Waals surface area contributed by atoms with Crippen LogP contribution in [0.1, 0.15) is 5.56 Å². The quantitative estimate of drug-likeness (QED) is 0.136. The molecule has 0 unspecified atom stereocenters. The van der Waals surface area contributed by atoms with Crippen molar-refractivity contribution in [1.82, 2.24) is 9.55 Å². The summed E-state index contributed by atoms with van der Waals surface area (Å²) in [5.74, 6) is 0. The molecule has 0 saturated carbocycles. The molecule has 0 aliphatic rings. The maximum atomic E-state index is 9.82. The molecule has 11 aromatic rings. The highest BCUT2D eigenvalue weighted by Gasteiger charge is 2.19. The predicted molar refractivity (Wildman–Crippen MR) is 230 cm³/mol. The summed E-state index contributed by atoms with van der Waals surface area (Å²) in [4.78, 5) is 5.40. The molecule has 2 aromatic heterocycles. The molecule has 0 aliphatic carbocycles. The van der Waals surface area contributed by atoms with Gasteiger partial charge in [0.05, 0.1) is 33.9 Å². The smallest absolute Gasteiger partial charge is 0.0991 e. The highest BCUT2D eigenvalue weighted by Crippen LogP contribution is 2.43. The minimum atomic E-state index is 0.653. The first kappa shape index (κ1) is 31.0. The van der Waals surface area contributed by atoms with Crippen LogP contribution in [0.15, 0.2) is 188 Å². The van der Waals surface area contributed by atoms with Crippen LogP contribution in [0.3, 0.4) is 0 Å². The summed E-state index contributed by atoms with van der Waals surface area (Å²) in [6.45, 7) is 0. The molecule has 0 aliphatic heterocycles. The minimum absolute atomic E-state index is 0.653. The van der Waals surface area contributed by atoms with E-state index in [0.29, 0.717) is 5.56 Å². The Morgan fingerprint density at radius 1 is 0.418 bits per heavy atom. The number of rotatable bonds is 4. The molecule has 0 atom stereocenters. The second-order valence-corrected chi connectivity index (χ2v) is 14.3. The van der Waals surface area contributed by atoms with E-state index in [0.717, 1.165) is 71.7 Å². The first-order valence-electron chi connectivity index (χ1n) is 18.6. The van der Waals surface area contributed by atoms with Gasteiger partial charge in [-0.15, -0.1) is 0 Å². The zero-order valence-electron chi connectivity index (χ0n) is 29.7. The molecule has 0 saturated heterocycles. The molecule has 3 heteroatoms. The maximum absolute atomic E-state index is 9.82. The Bertz CT molecular complexity index is 3370. The number of hydrogen-bond donors (Lipinski definition) is 0. The van der Waals surface area contributed by atoms with E-state index in [1.54, 1.807) is 0 Å². The molecule has 254 valence electrons. The van der Waals surface area contributed by atoms with Gasteiger partial charge in [0.25, 0.3) is 0 Å². The van der Waals surface area contributed by atoms with Crippen LogP contribution in [0.4, 0.5) is 0 Å². The van der Waals surface area contributed by atoms with E-state index in [9.17, 15) is 5.26 Å². The van der Waals surface area contributed by atoms with Gasteiger partial charge in [-0.25, -0.2) is 4.98 Å². The fraction of sp³-hybridized carbons (Fsp3) is 0. The van der Waals surface area contributed by atoms with Gasteiger partial charge in [-0.3, -0.25) is 0 Å². The normalized spacial score (nSPS) is 11.6. The number of fused-ring (bicyclic) bond motifs is 9. The third-order valence-corrected chi connectivity index (χ3v) is 11.1. The zero-order chi connectivity index (χ0) is 36.5. The Morgan fingerprint density at radius 2 is 1.05 bits per heavy atom. The lowest BCUT2D eigenvalue weighted by molar-refractivity contribution is 1.18. The van der Waals surface area contributed by atoms with Crippen LogP contribution < -0.4 is 0 Å². The van der Waals surface area contributed by atoms with Crippen LogP contribution in [0.25, 0.3) is 104 Å². The summed E-state index contributed by atoms with van der Waals surface area (Å²) in [5.41, 5.74) is 11.6. The standard InChI is InChI=1S/C52H31N3/c53-32-33-22-24-49-44(26-33)45-28-38(23-25-50(45)55(49)40-18-5-2-6-19-40)35-16-11-17-39(27-35)43-31-47-51(42-21-10-9-20-41(42)43)46-29-36-14-7-8-15-37(36)30-48(46)54-52(47)34-12-3-1-4-13-34/h1-31H. The lowest BCUT2D eigenvalue weighted by atomic mass is 9.88. The maximum Gasteiger partial charge on any atom is 0.0991 e. The fourth-order valence-corrected chi connectivity index (χ4v) is 8.60. The molecule has 0 spiro atoms. The van der Waals surface area contributed by atoms with Gasteiger partial charge in [-0.1, -0.05) is 121 Å². The van der Waals surface area contributed by atoms with Crippen LogP contribution in [-0.2, 0) is 0 Å². The Labute approximate surface area is 317 Å². The van der Waals surface area contributed by atoms with Crippen molar-refractivity contribution in [3.8, 4) is 45.3 Å². The Hall–Kier alpha value is -7.54. The second kappa shape index (κ2) is 12.3. The first-order chi connectivity index (χ1) is 27.2. The number of benzene rings is 9. The molecule has 0 N–H and O–H groups in total. The SMILES string of the molecule is N#Cc1ccc2c(c1)c1cc(-c3cccc(-c4cc5c(-c6ccccc6)nc6cc7ccccc7cc6c5c5ccccc45)c3)ccc1n2-c1ccccc1. The Kier molecular flexibility index (Phi) is 6.92. The molecule has 3 nitrogen and oxygen atoms in total. The summed E-state index contributed by atoms with van der Waals surface area (Å²) in [5, 5.41) is 20.3. The summed E-state index contributed by atoms with van der Waals surface area (Å²) in [6, 6.07) is 69.2. The summed E-state index contributed by atoms with van der Waals surface area (Å²) < 4.78 is 2.29. The van der Waals surface area contributed by atoms with Gasteiger partial charge >= 0.3 is 0 Å². The van der Waals surface area contributed by atoms with Gasteiger partial charge in [0, 0.05) is 38.2 Å². The topological polar surface area (TPSA) is 41.6 Å². The van der Waals surface area contributed by atoms with Crippen molar-refractivity contribution in [3.63, 3.8) is 0 Å². The third-order valence-electron chi connectivity index (χ3n) is 11.1. The fourth-order valence-electron chi connectivity index (χ4n) is 8.60. The van der Waals surface area contributed by atoms with Gasteiger partial charge < -0.3 is 4.57 Å².